The van der Waals surface area contributed by atoms with Crippen molar-refractivity contribution >= 4 is 44.1 Å². The first kappa shape index (κ1) is 20.8. The summed E-state index contributed by atoms with van der Waals surface area (Å²) in [4.78, 5) is 30.6. The summed E-state index contributed by atoms with van der Waals surface area (Å²) in [5.74, 6) is -0.220. The van der Waals surface area contributed by atoms with Gasteiger partial charge in [-0.25, -0.2) is 8.42 Å². The third kappa shape index (κ3) is 4.49. The van der Waals surface area contributed by atoms with Crippen LogP contribution in [0.4, 0.5) is 5.69 Å². The molecule has 4 rings (SSSR count). The number of Topliss-reactive ketones (excluding diaryl/α,β-unsaturated/α-hetero) is 1. The fourth-order valence-corrected chi connectivity index (χ4v) is 7.73. The molecular formula is C22H22N2O4S2. The molecule has 30 heavy (non-hydrogen) atoms. The number of sulfone groups is 1. The number of anilines is 1. The second kappa shape index (κ2) is 8.35. The summed E-state index contributed by atoms with van der Waals surface area (Å²) in [7, 11) is -3.14. The zero-order valence-corrected chi connectivity index (χ0v) is 18.2. The van der Waals surface area contributed by atoms with Crippen LogP contribution in [0.1, 0.15) is 29.3 Å². The van der Waals surface area contributed by atoms with Crippen LogP contribution in [-0.4, -0.2) is 48.1 Å². The number of aliphatic imine (C=N–C) groups is 1. The van der Waals surface area contributed by atoms with Gasteiger partial charge in [-0.1, -0.05) is 54.2 Å². The fraction of sp³-hybridized carbons (Fsp3) is 0.318. The number of carbonyl (C=O) groups excluding carboxylic acids is 2. The molecular weight excluding hydrogens is 420 g/mol. The number of fused-ring (bicyclic) bond motifs is 1. The Morgan fingerprint density at radius 3 is 2.60 bits per heavy atom. The topological polar surface area (TPSA) is 83.9 Å². The van der Waals surface area contributed by atoms with Crippen LogP contribution in [0.5, 0.6) is 0 Å². The average Bonchev–Trinajstić information content (AvgIpc) is 3.17. The molecule has 2 aliphatic heterocycles. The Morgan fingerprint density at radius 1 is 1.10 bits per heavy atom. The van der Waals surface area contributed by atoms with E-state index < -0.39 is 9.84 Å². The number of hydrogen-bond donors (Lipinski definition) is 0. The molecule has 156 valence electrons. The molecule has 2 atom stereocenters. The molecule has 0 N–H and O–H groups in total. The van der Waals surface area contributed by atoms with Gasteiger partial charge in [-0.3, -0.25) is 9.59 Å². The number of carbonyl (C=O) groups is 2. The Labute approximate surface area is 180 Å². The van der Waals surface area contributed by atoms with Gasteiger partial charge in [0.1, 0.15) is 0 Å². The quantitative estimate of drug-likeness (QED) is 0.662. The van der Waals surface area contributed by atoms with E-state index in [2.05, 4.69) is 4.99 Å². The van der Waals surface area contributed by atoms with Gasteiger partial charge in [0, 0.05) is 22.9 Å². The lowest BCUT2D eigenvalue weighted by Gasteiger charge is -2.24. The van der Waals surface area contributed by atoms with Crippen molar-refractivity contribution in [2.75, 3.05) is 16.4 Å². The summed E-state index contributed by atoms with van der Waals surface area (Å²) in [5.41, 5.74) is 2.30. The van der Waals surface area contributed by atoms with Crippen LogP contribution >= 0.6 is 11.8 Å². The minimum Gasteiger partial charge on any atom is -0.316 e. The maximum atomic E-state index is 12.6. The van der Waals surface area contributed by atoms with Crippen LogP contribution < -0.4 is 4.90 Å². The van der Waals surface area contributed by atoms with Crippen molar-refractivity contribution in [2.45, 2.75) is 31.1 Å². The predicted molar refractivity (Wildman–Crippen MR) is 120 cm³/mol. The second-order valence-corrected chi connectivity index (χ2v) is 10.9. The first-order chi connectivity index (χ1) is 14.3. The van der Waals surface area contributed by atoms with E-state index in [4.69, 9.17) is 0 Å². The Balaban J connectivity index is 1.61. The van der Waals surface area contributed by atoms with E-state index in [9.17, 15) is 18.0 Å². The van der Waals surface area contributed by atoms with Crippen molar-refractivity contribution in [3.8, 4) is 0 Å². The van der Waals surface area contributed by atoms with Crippen LogP contribution in [0, 0.1) is 0 Å². The molecule has 0 saturated carbocycles. The molecule has 0 aromatic heterocycles. The van der Waals surface area contributed by atoms with Gasteiger partial charge >= 0.3 is 0 Å². The van der Waals surface area contributed by atoms with E-state index in [1.807, 2.05) is 41.3 Å². The summed E-state index contributed by atoms with van der Waals surface area (Å²) in [6.45, 7) is 1.49. The molecule has 1 amide bonds. The molecule has 2 heterocycles. The molecule has 0 unspecified atom stereocenters. The van der Waals surface area contributed by atoms with Gasteiger partial charge in [-0.15, -0.1) is 0 Å². The average molecular weight is 443 g/mol. The smallest absolute Gasteiger partial charge is 0.248 e. The summed E-state index contributed by atoms with van der Waals surface area (Å²) < 4.78 is 24.4. The highest BCUT2D eigenvalue weighted by Crippen LogP contribution is 2.41. The number of amides is 1. The van der Waals surface area contributed by atoms with Crippen molar-refractivity contribution in [1.82, 2.24) is 0 Å². The zero-order valence-electron chi connectivity index (χ0n) is 16.5. The lowest BCUT2D eigenvalue weighted by molar-refractivity contribution is -0.117. The van der Waals surface area contributed by atoms with Gasteiger partial charge in [0.15, 0.2) is 20.8 Å². The highest BCUT2D eigenvalue weighted by molar-refractivity contribution is 8.16. The first-order valence-corrected chi connectivity index (χ1v) is 12.5. The first-order valence-electron chi connectivity index (χ1n) is 9.75. The third-order valence-corrected chi connectivity index (χ3v) is 8.50. The van der Waals surface area contributed by atoms with E-state index in [0.29, 0.717) is 22.8 Å². The van der Waals surface area contributed by atoms with Crippen molar-refractivity contribution < 1.29 is 18.0 Å². The maximum Gasteiger partial charge on any atom is 0.248 e. The number of rotatable bonds is 5. The summed E-state index contributed by atoms with van der Waals surface area (Å²) >= 11 is 1.34. The monoisotopic (exact) mass is 442 g/mol. The second-order valence-electron chi connectivity index (χ2n) is 7.55. The van der Waals surface area contributed by atoms with Gasteiger partial charge in [0.2, 0.25) is 5.91 Å². The van der Waals surface area contributed by atoms with Crippen molar-refractivity contribution in [1.29, 1.82) is 0 Å². The van der Waals surface area contributed by atoms with Crippen LogP contribution in [0.3, 0.4) is 0 Å². The number of benzene rings is 2. The SMILES string of the molecule is CC(=O)c1cccc(N2C(=NC(=O)CCc3ccccc3)S[C@H]3CS(=O)(=O)C[C@H]32)c1. The van der Waals surface area contributed by atoms with Crippen LogP contribution in [0.15, 0.2) is 59.6 Å². The van der Waals surface area contributed by atoms with Gasteiger partial charge in [-0.05, 0) is 31.0 Å². The van der Waals surface area contributed by atoms with E-state index in [0.717, 1.165) is 5.56 Å². The molecule has 2 saturated heterocycles. The Kier molecular flexibility index (Phi) is 5.79. The van der Waals surface area contributed by atoms with Crippen molar-refractivity contribution in [3.05, 3.63) is 65.7 Å². The van der Waals surface area contributed by atoms with Crippen molar-refractivity contribution in [2.24, 2.45) is 4.99 Å². The van der Waals surface area contributed by atoms with Crippen LogP contribution in [0.25, 0.3) is 0 Å². The van der Waals surface area contributed by atoms with Gasteiger partial charge in [-0.2, -0.15) is 4.99 Å². The summed E-state index contributed by atoms with van der Waals surface area (Å²) in [6.07, 6.45) is 0.880. The Bertz CT molecular complexity index is 1110. The molecule has 2 fully saturated rings. The van der Waals surface area contributed by atoms with Gasteiger partial charge in [0.05, 0.1) is 17.5 Å². The lowest BCUT2D eigenvalue weighted by Crippen LogP contribution is -2.37. The number of aryl methyl sites for hydroxylation is 1. The minimum atomic E-state index is -3.14. The number of nitrogens with zero attached hydrogens (tertiary/aromatic N) is 2. The van der Waals surface area contributed by atoms with E-state index >= 15 is 0 Å². The fourth-order valence-electron chi connectivity index (χ4n) is 3.80. The van der Waals surface area contributed by atoms with E-state index in [1.165, 1.54) is 18.7 Å². The molecule has 2 aliphatic rings. The number of amidine groups is 1. The van der Waals surface area contributed by atoms with E-state index in [-0.39, 0.29) is 40.9 Å². The van der Waals surface area contributed by atoms with Gasteiger partial charge < -0.3 is 4.90 Å². The molecule has 0 aliphatic carbocycles. The highest BCUT2D eigenvalue weighted by Gasteiger charge is 2.49. The number of ketones is 1. The molecule has 2 aromatic carbocycles. The maximum absolute atomic E-state index is 12.6. The molecule has 8 heteroatoms. The standard InChI is InChI=1S/C22H22N2O4S2/c1-15(25)17-8-5-9-18(12-17)24-19-13-30(27,28)14-20(19)29-22(24)23-21(26)11-10-16-6-3-2-4-7-16/h2-9,12,19-20H,10-11,13-14H2,1H3/t19-,20+/m1/s1. The molecule has 6 nitrogen and oxygen atoms in total. The molecule has 0 radical (unpaired) electrons. The van der Waals surface area contributed by atoms with E-state index in [1.54, 1.807) is 18.2 Å². The molecule has 2 aromatic rings. The molecule has 0 bridgehead atoms. The minimum absolute atomic E-state index is 0.0200. The Hall–Kier alpha value is -2.45. The lowest BCUT2D eigenvalue weighted by atomic mass is 10.1. The normalized spacial score (nSPS) is 23.5. The molecule has 0 spiro atoms. The largest absolute Gasteiger partial charge is 0.316 e. The Morgan fingerprint density at radius 2 is 1.87 bits per heavy atom. The van der Waals surface area contributed by atoms with Crippen LogP contribution in [-0.2, 0) is 21.1 Å². The van der Waals surface area contributed by atoms with Gasteiger partial charge in [0.25, 0.3) is 0 Å². The number of hydrogen-bond acceptors (Lipinski definition) is 5. The predicted octanol–water partition coefficient (Wildman–Crippen LogP) is 3.12. The highest BCUT2D eigenvalue weighted by atomic mass is 32.2. The van der Waals surface area contributed by atoms with Crippen molar-refractivity contribution in [3.63, 3.8) is 0 Å². The third-order valence-electron chi connectivity index (χ3n) is 5.29. The number of thioether (sulfide) groups is 1. The summed E-state index contributed by atoms with van der Waals surface area (Å²) in [6, 6.07) is 16.5. The zero-order chi connectivity index (χ0) is 21.3. The summed E-state index contributed by atoms with van der Waals surface area (Å²) in [5, 5.41) is 0.343. The van der Waals surface area contributed by atoms with Crippen LogP contribution in [0.2, 0.25) is 0 Å².